The van der Waals surface area contributed by atoms with Crippen LogP contribution in [-0.4, -0.2) is 17.2 Å². The van der Waals surface area contributed by atoms with Gasteiger partial charge in [-0.2, -0.15) is 0 Å². The smallest absolute Gasteiger partial charge is 0.102 e. The van der Waals surface area contributed by atoms with Gasteiger partial charge in [0.15, 0.2) is 0 Å². The van der Waals surface area contributed by atoms with Crippen molar-refractivity contribution in [1.82, 2.24) is 5.32 Å². The van der Waals surface area contributed by atoms with Gasteiger partial charge in [0.1, 0.15) is 6.10 Å². The zero-order chi connectivity index (χ0) is 11.6. The highest BCUT2D eigenvalue weighted by atomic mass is 35.5. The zero-order valence-corrected chi connectivity index (χ0v) is 11.3. The third kappa shape index (κ3) is 3.93. The maximum Gasteiger partial charge on any atom is 0.102 e. The van der Waals surface area contributed by atoms with Crippen LogP contribution in [0.25, 0.3) is 0 Å². The van der Waals surface area contributed by atoms with Crippen LogP contribution in [0.1, 0.15) is 31.8 Å². The van der Waals surface area contributed by atoms with Crippen molar-refractivity contribution >= 4 is 34.5 Å². The molecule has 1 heterocycles. The summed E-state index contributed by atoms with van der Waals surface area (Å²) < 4.78 is 0. The van der Waals surface area contributed by atoms with E-state index in [1.54, 1.807) is 5.38 Å². The lowest BCUT2D eigenvalue weighted by Crippen LogP contribution is -2.38. The Morgan fingerprint density at radius 3 is 2.47 bits per heavy atom. The van der Waals surface area contributed by atoms with Crippen molar-refractivity contribution in [3.63, 3.8) is 0 Å². The molecule has 0 radical (unpaired) electrons. The molecule has 1 atom stereocenters. The standard InChI is InChI=1S/C10H15Cl2NOS/c1-10(2,3)13-4-7(14)9-8(12)6(11)5-15-9/h5,7,13-14H,4H2,1-3H3. The van der Waals surface area contributed by atoms with Crippen LogP contribution in [0, 0.1) is 0 Å². The lowest BCUT2D eigenvalue weighted by Gasteiger charge is -2.22. The predicted molar refractivity (Wildman–Crippen MR) is 67.1 cm³/mol. The summed E-state index contributed by atoms with van der Waals surface area (Å²) >= 11 is 13.1. The molecule has 2 nitrogen and oxygen atoms in total. The highest BCUT2D eigenvalue weighted by Crippen LogP contribution is 2.35. The van der Waals surface area contributed by atoms with Crippen LogP contribution >= 0.6 is 34.5 Å². The molecular weight excluding hydrogens is 253 g/mol. The molecule has 0 bridgehead atoms. The van der Waals surface area contributed by atoms with E-state index in [9.17, 15) is 5.11 Å². The number of hydrogen-bond acceptors (Lipinski definition) is 3. The molecule has 2 N–H and O–H groups in total. The van der Waals surface area contributed by atoms with Crippen LogP contribution in [0.15, 0.2) is 5.38 Å². The number of hydrogen-bond donors (Lipinski definition) is 2. The minimum absolute atomic E-state index is 0.0193. The first-order valence-corrected chi connectivity index (χ1v) is 6.30. The first-order chi connectivity index (χ1) is 6.81. The summed E-state index contributed by atoms with van der Waals surface area (Å²) in [6.45, 7) is 6.61. The van der Waals surface area contributed by atoms with Crippen LogP contribution in [0.4, 0.5) is 0 Å². The third-order valence-corrected chi connectivity index (χ3v) is 3.97. The predicted octanol–water partition coefficient (Wildman–Crippen LogP) is 3.48. The van der Waals surface area contributed by atoms with Crippen molar-refractivity contribution in [3.05, 3.63) is 20.3 Å². The van der Waals surface area contributed by atoms with Crippen molar-refractivity contribution in [2.45, 2.75) is 32.4 Å². The molecule has 1 aromatic heterocycles. The summed E-state index contributed by atoms with van der Waals surface area (Å²) in [6.07, 6.45) is -0.603. The quantitative estimate of drug-likeness (QED) is 0.879. The molecule has 1 rings (SSSR count). The molecule has 0 spiro atoms. The SMILES string of the molecule is CC(C)(C)NCC(O)c1scc(Cl)c1Cl. The van der Waals surface area contributed by atoms with E-state index < -0.39 is 6.10 Å². The van der Waals surface area contributed by atoms with Crippen LogP contribution in [-0.2, 0) is 0 Å². The average molecular weight is 268 g/mol. The normalized spacial score (nSPS) is 14.3. The summed E-state index contributed by atoms with van der Waals surface area (Å²) in [4.78, 5) is 0.721. The van der Waals surface area contributed by atoms with Crippen LogP contribution in [0.5, 0.6) is 0 Å². The van der Waals surface area contributed by atoms with Crippen molar-refractivity contribution in [3.8, 4) is 0 Å². The second-order valence-electron chi connectivity index (χ2n) is 4.41. The maximum absolute atomic E-state index is 9.88. The number of β-amino-alcohol motifs (C(OH)–C–C–N with tert-alkyl or cyclic N) is 1. The minimum atomic E-state index is -0.603. The summed E-state index contributed by atoms with van der Waals surface area (Å²) in [6, 6.07) is 0. The fourth-order valence-electron chi connectivity index (χ4n) is 1.06. The fourth-order valence-corrected chi connectivity index (χ4v) is 2.53. The highest BCUT2D eigenvalue weighted by molar-refractivity contribution is 7.11. The molecular formula is C10H15Cl2NOS. The zero-order valence-electron chi connectivity index (χ0n) is 8.97. The molecule has 0 amide bonds. The van der Waals surface area contributed by atoms with Gasteiger partial charge in [-0.1, -0.05) is 23.2 Å². The molecule has 0 aliphatic heterocycles. The monoisotopic (exact) mass is 267 g/mol. The van der Waals surface area contributed by atoms with E-state index in [2.05, 4.69) is 5.32 Å². The molecule has 1 aromatic rings. The molecule has 1 unspecified atom stereocenters. The van der Waals surface area contributed by atoms with Crippen molar-refractivity contribution in [2.75, 3.05) is 6.54 Å². The number of thiophene rings is 1. The molecule has 0 fully saturated rings. The summed E-state index contributed by atoms with van der Waals surface area (Å²) in [7, 11) is 0. The lowest BCUT2D eigenvalue weighted by molar-refractivity contribution is 0.167. The van der Waals surface area contributed by atoms with Gasteiger partial charge in [0.25, 0.3) is 0 Å². The molecule has 15 heavy (non-hydrogen) atoms. The first kappa shape index (κ1) is 13.3. The van der Waals surface area contributed by atoms with Gasteiger partial charge in [-0.3, -0.25) is 0 Å². The molecule has 86 valence electrons. The second kappa shape index (κ2) is 5.02. The fraction of sp³-hybridized carbons (Fsp3) is 0.600. The Morgan fingerprint density at radius 2 is 2.07 bits per heavy atom. The molecule has 0 aliphatic carbocycles. The van der Waals surface area contributed by atoms with Crippen LogP contribution in [0.2, 0.25) is 10.0 Å². The van der Waals surface area contributed by atoms with Gasteiger partial charge in [-0.15, -0.1) is 11.3 Å². The van der Waals surface area contributed by atoms with E-state index in [4.69, 9.17) is 23.2 Å². The number of aliphatic hydroxyl groups excluding tert-OH is 1. The average Bonchev–Trinajstić information content (AvgIpc) is 2.43. The van der Waals surface area contributed by atoms with E-state index in [-0.39, 0.29) is 5.54 Å². The highest BCUT2D eigenvalue weighted by Gasteiger charge is 2.18. The molecule has 0 saturated carbocycles. The summed E-state index contributed by atoms with van der Waals surface area (Å²) in [5.41, 5.74) is -0.0193. The Morgan fingerprint density at radius 1 is 1.47 bits per heavy atom. The summed E-state index contributed by atoms with van der Waals surface area (Å²) in [5.74, 6) is 0. The van der Waals surface area contributed by atoms with Crippen molar-refractivity contribution in [1.29, 1.82) is 0 Å². The molecule has 0 aromatic carbocycles. The molecule has 5 heteroatoms. The van der Waals surface area contributed by atoms with E-state index in [1.165, 1.54) is 11.3 Å². The van der Waals surface area contributed by atoms with Gasteiger partial charge in [0, 0.05) is 17.5 Å². The van der Waals surface area contributed by atoms with Crippen molar-refractivity contribution < 1.29 is 5.11 Å². The Bertz CT molecular complexity index is 333. The lowest BCUT2D eigenvalue weighted by atomic mass is 10.1. The Balaban J connectivity index is 2.62. The Kier molecular flexibility index (Phi) is 4.44. The van der Waals surface area contributed by atoms with Gasteiger partial charge < -0.3 is 10.4 Å². The van der Waals surface area contributed by atoms with E-state index in [0.717, 1.165) is 4.88 Å². The van der Waals surface area contributed by atoms with E-state index in [0.29, 0.717) is 16.6 Å². The van der Waals surface area contributed by atoms with Gasteiger partial charge in [-0.05, 0) is 20.8 Å². The molecule has 0 aliphatic rings. The third-order valence-electron chi connectivity index (χ3n) is 1.84. The number of rotatable bonds is 3. The van der Waals surface area contributed by atoms with Gasteiger partial charge in [0.2, 0.25) is 0 Å². The van der Waals surface area contributed by atoms with E-state index in [1.807, 2.05) is 20.8 Å². The Hall–Kier alpha value is 0.200. The Labute approximate surface area is 104 Å². The number of halogens is 2. The van der Waals surface area contributed by atoms with E-state index >= 15 is 0 Å². The maximum atomic E-state index is 9.88. The first-order valence-electron chi connectivity index (χ1n) is 4.67. The van der Waals surface area contributed by atoms with Crippen LogP contribution < -0.4 is 5.32 Å². The van der Waals surface area contributed by atoms with Gasteiger partial charge in [0.05, 0.1) is 14.9 Å². The minimum Gasteiger partial charge on any atom is -0.386 e. The van der Waals surface area contributed by atoms with Crippen molar-refractivity contribution in [2.24, 2.45) is 0 Å². The molecule has 0 saturated heterocycles. The number of aliphatic hydroxyl groups is 1. The van der Waals surface area contributed by atoms with Gasteiger partial charge >= 0.3 is 0 Å². The topological polar surface area (TPSA) is 32.3 Å². The van der Waals surface area contributed by atoms with Crippen LogP contribution in [0.3, 0.4) is 0 Å². The van der Waals surface area contributed by atoms with Gasteiger partial charge in [-0.25, -0.2) is 0 Å². The second-order valence-corrected chi connectivity index (χ2v) is 6.10. The number of nitrogens with one attached hydrogen (secondary N) is 1. The summed E-state index contributed by atoms with van der Waals surface area (Å²) in [5, 5.41) is 15.8. The largest absolute Gasteiger partial charge is 0.386 e.